The first-order chi connectivity index (χ1) is 10.1. The third kappa shape index (κ3) is 4.76. The van der Waals surface area contributed by atoms with Crippen LogP contribution in [0, 0.1) is 0 Å². The van der Waals surface area contributed by atoms with Crippen LogP contribution in [-0.4, -0.2) is 23.6 Å². The molecule has 0 radical (unpaired) electrons. The van der Waals surface area contributed by atoms with E-state index >= 15 is 0 Å². The van der Waals surface area contributed by atoms with Gasteiger partial charge in [0.15, 0.2) is 0 Å². The first-order valence-corrected chi connectivity index (χ1v) is 8.25. The third-order valence-corrected chi connectivity index (χ3v) is 3.97. The number of nitrogens with zero attached hydrogens (tertiary/aromatic N) is 2. The average molecular weight is 415 g/mol. The van der Waals surface area contributed by atoms with Crippen LogP contribution in [-0.2, 0) is 6.42 Å². The van der Waals surface area contributed by atoms with Crippen LogP contribution in [0.15, 0.2) is 39.5 Å². The maximum atomic E-state index is 5.15. The molecule has 0 saturated carbocycles. The molecule has 0 bridgehead atoms. The Morgan fingerprint density at radius 3 is 2.48 bits per heavy atom. The van der Waals surface area contributed by atoms with Gasteiger partial charge in [0.25, 0.3) is 0 Å². The molecule has 0 fully saturated rings. The van der Waals surface area contributed by atoms with Crippen LogP contribution in [0.4, 0.5) is 0 Å². The second kappa shape index (κ2) is 7.87. The number of hydrogen-bond donors (Lipinski definition) is 1. The van der Waals surface area contributed by atoms with Crippen molar-refractivity contribution < 1.29 is 4.74 Å². The van der Waals surface area contributed by atoms with Gasteiger partial charge in [-0.3, -0.25) is 0 Å². The van der Waals surface area contributed by atoms with E-state index in [1.54, 1.807) is 7.11 Å². The Kier molecular flexibility index (Phi) is 6.14. The molecule has 2 aromatic rings. The number of likely N-dealkylation sites (N-methyl/N-ethyl adjacent to an activating group) is 1. The van der Waals surface area contributed by atoms with E-state index in [0.29, 0.717) is 5.88 Å². The van der Waals surface area contributed by atoms with Gasteiger partial charge >= 0.3 is 0 Å². The molecule has 1 unspecified atom stereocenters. The minimum atomic E-state index is 0.184. The fraction of sp³-hybridized carbons (Fsp3) is 0.333. The van der Waals surface area contributed by atoms with Crippen LogP contribution in [0.1, 0.15) is 24.2 Å². The maximum Gasteiger partial charge on any atom is 0.216 e. The summed E-state index contributed by atoms with van der Waals surface area (Å²) in [4.78, 5) is 8.37. The smallest absolute Gasteiger partial charge is 0.216 e. The molecule has 0 spiro atoms. The van der Waals surface area contributed by atoms with Crippen molar-refractivity contribution in [1.29, 1.82) is 0 Å². The van der Waals surface area contributed by atoms with E-state index in [-0.39, 0.29) is 6.04 Å². The van der Waals surface area contributed by atoms with Crippen molar-refractivity contribution in [3.05, 3.63) is 50.8 Å². The van der Waals surface area contributed by atoms with Gasteiger partial charge in [0.2, 0.25) is 5.88 Å². The summed E-state index contributed by atoms with van der Waals surface area (Å²) in [6.45, 7) is 2.98. The Labute approximate surface area is 141 Å². The van der Waals surface area contributed by atoms with Crippen LogP contribution in [0.3, 0.4) is 0 Å². The number of halogens is 2. The molecule has 0 saturated heterocycles. The number of rotatable bonds is 6. The van der Waals surface area contributed by atoms with E-state index < -0.39 is 0 Å². The lowest BCUT2D eigenvalue weighted by molar-refractivity contribution is 0.395. The first kappa shape index (κ1) is 16.4. The summed E-state index contributed by atoms with van der Waals surface area (Å²) in [6, 6.07) is 8.33. The Morgan fingerprint density at radius 2 is 1.86 bits per heavy atom. The highest BCUT2D eigenvalue weighted by atomic mass is 79.9. The Bertz CT molecular complexity index is 587. The third-order valence-electron chi connectivity index (χ3n) is 3.06. The quantitative estimate of drug-likeness (QED) is 0.778. The molecule has 0 amide bonds. The lowest BCUT2D eigenvalue weighted by atomic mass is 10.0. The van der Waals surface area contributed by atoms with Gasteiger partial charge in [0.05, 0.1) is 7.11 Å². The largest absolute Gasteiger partial charge is 0.481 e. The van der Waals surface area contributed by atoms with Crippen molar-refractivity contribution >= 4 is 31.9 Å². The monoisotopic (exact) mass is 413 g/mol. The summed E-state index contributed by atoms with van der Waals surface area (Å²) in [5.74, 6) is 0.589. The molecule has 1 aromatic carbocycles. The van der Waals surface area contributed by atoms with Crippen LogP contribution < -0.4 is 10.1 Å². The molecule has 0 aliphatic rings. The molecular weight excluding hydrogens is 398 g/mol. The van der Waals surface area contributed by atoms with Gasteiger partial charge < -0.3 is 10.1 Å². The highest BCUT2D eigenvalue weighted by Gasteiger charge is 2.14. The van der Waals surface area contributed by atoms with Crippen molar-refractivity contribution in [3.63, 3.8) is 0 Å². The molecule has 2 rings (SSSR count). The number of benzene rings is 1. The summed E-state index contributed by atoms with van der Waals surface area (Å²) < 4.78 is 7.26. The second-order valence-electron chi connectivity index (χ2n) is 4.57. The highest BCUT2D eigenvalue weighted by Crippen LogP contribution is 2.26. The van der Waals surface area contributed by atoms with Gasteiger partial charge in [0.1, 0.15) is 6.33 Å². The van der Waals surface area contributed by atoms with E-state index in [1.165, 1.54) is 11.9 Å². The van der Waals surface area contributed by atoms with Gasteiger partial charge in [-0.05, 0) is 30.3 Å². The van der Waals surface area contributed by atoms with E-state index in [4.69, 9.17) is 4.74 Å². The molecular formula is C15H17Br2N3O. The minimum absolute atomic E-state index is 0.184. The summed E-state index contributed by atoms with van der Waals surface area (Å²) in [5.41, 5.74) is 2.15. The molecule has 1 aromatic heterocycles. The first-order valence-electron chi connectivity index (χ1n) is 6.66. The SMILES string of the molecule is CCNC(Cc1cc(OC)ncn1)c1cc(Br)cc(Br)c1. The fourth-order valence-corrected chi connectivity index (χ4v) is 3.47. The van der Waals surface area contributed by atoms with E-state index in [2.05, 4.69) is 66.2 Å². The number of hydrogen-bond acceptors (Lipinski definition) is 4. The van der Waals surface area contributed by atoms with Crippen molar-refractivity contribution in [2.24, 2.45) is 0 Å². The lowest BCUT2D eigenvalue weighted by Crippen LogP contribution is -2.23. The van der Waals surface area contributed by atoms with Gasteiger partial charge in [-0.25, -0.2) is 9.97 Å². The minimum Gasteiger partial charge on any atom is -0.481 e. The molecule has 4 nitrogen and oxygen atoms in total. The average Bonchev–Trinajstić information content (AvgIpc) is 2.46. The maximum absolute atomic E-state index is 5.15. The number of methoxy groups -OCH3 is 1. The summed E-state index contributed by atoms with van der Waals surface area (Å²) >= 11 is 7.07. The van der Waals surface area contributed by atoms with Crippen molar-refractivity contribution in [1.82, 2.24) is 15.3 Å². The van der Waals surface area contributed by atoms with Gasteiger partial charge in [-0.1, -0.05) is 38.8 Å². The van der Waals surface area contributed by atoms with Gasteiger partial charge in [-0.15, -0.1) is 0 Å². The second-order valence-corrected chi connectivity index (χ2v) is 6.40. The normalized spacial score (nSPS) is 12.2. The molecule has 21 heavy (non-hydrogen) atoms. The zero-order valence-electron chi connectivity index (χ0n) is 11.9. The van der Waals surface area contributed by atoms with Crippen LogP contribution in [0.5, 0.6) is 5.88 Å². The van der Waals surface area contributed by atoms with Gasteiger partial charge in [0, 0.05) is 33.2 Å². The standard InChI is InChI=1S/C15H17Br2N3O/c1-3-18-14(10-4-11(16)6-12(17)5-10)7-13-8-15(21-2)20-9-19-13/h4-6,8-9,14,18H,3,7H2,1-2H3. The molecule has 0 aliphatic heterocycles. The lowest BCUT2D eigenvalue weighted by Gasteiger charge is -2.19. The van der Waals surface area contributed by atoms with Crippen molar-refractivity contribution in [2.75, 3.05) is 13.7 Å². The zero-order valence-corrected chi connectivity index (χ0v) is 15.1. The van der Waals surface area contributed by atoms with Crippen LogP contribution >= 0.6 is 31.9 Å². The van der Waals surface area contributed by atoms with Crippen LogP contribution in [0.2, 0.25) is 0 Å². The van der Waals surface area contributed by atoms with Crippen molar-refractivity contribution in [2.45, 2.75) is 19.4 Å². The molecule has 6 heteroatoms. The summed E-state index contributed by atoms with van der Waals surface area (Å²) in [6.07, 6.45) is 2.31. The predicted molar refractivity (Wildman–Crippen MR) is 90.5 cm³/mol. The molecule has 112 valence electrons. The van der Waals surface area contributed by atoms with Crippen molar-refractivity contribution in [3.8, 4) is 5.88 Å². The van der Waals surface area contributed by atoms with E-state index in [9.17, 15) is 0 Å². The summed E-state index contributed by atoms with van der Waals surface area (Å²) in [7, 11) is 1.61. The number of ether oxygens (including phenoxy) is 1. The highest BCUT2D eigenvalue weighted by molar-refractivity contribution is 9.11. The number of aromatic nitrogens is 2. The molecule has 1 heterocycles. The van der Waals surface area contributed by atoms with E-state index in [1.807, 2.05) is 12.1 Å². The zero-order chi connectivity index (χ0) is 15.2. The molecule has 0 aliphatic carbocycles. The Morgan fingerprint density at radius 1 is 1.14 bits per heavy atom. The van der Waals surface area contributed by atoms with Gasteiger partial charge in [-0.2, -0.15) is 0 Å². The van der Waals surface area contributed by atoms with Crippen LogP contribution in [0.25, 0.3) is 0 Å². The van der Waals surface area contributed by atoms with E-state index in [0.717, 1.165) is 27.6 Å². The Balaban J connectivity index is 2.25. The molecule has 1 N–H and O–H groups in total. The number of nitrogens with one attached hydrogen (secondary N) is 1. The fourth-order valence-electron chi connectivity index (χ4n) is 2.14. The summed E-state index contributed by atoms with van der Waals surface area (Å²) in [5, 5.41) is 3.50. The topological polar surface area (TPSA) is 47.0 Å². The predicted octanol–water partition coefficient (Wildman–Crippen LogP) is 3.90. The Hall–Kier alpha value is -0.980. The molecule has 1 atom stereocenters.